The lowest BCUT2D eigenvalue weighted by Crippen LogP contribution is -2.38. The molecule has 1 amide bonds. The zero-order valence-corrected chi connectivity index (χ0v) is 28.9. The van der Waals surface area contributed by atoms with Gasteiger partial charge in [0.1, 0.15) is 5.82 Å². The van der Waals surface area contributed by atoms with Gasteiger partial charge in [0.25, 0.3) is 5.91 Å². The molecule has 1 saturated carbocycles. The quantitative estimate of drug-likeness (QED) is 0.141. The smallest absolute Gasteiger partial charge is 0.336 e. The Balaban J connectivity index is 1.37. The number of nitrogens with one attached hydrogen (secondary N) is 1. The number of fused-ring (bicyclic) bond motifs is 1. The Labute approximate surface area is 282 Å². The molecule has 0 saturated heterocycles. The van der Waals surface area contributed by atoms with Gasteiger partial charge in [0.2, 0.25) is 0 Å². The molecule has 7 nitrogen and oxygen atoms in total. The Morgan fingerprint density at radius 2 is 1.77 bits per heavy atom. The fraction of sp³-hybridized carbons (Fsp3) is 0.436. The van der Waals surface area contributed by atoms with Crippen LogP contribution in [-0.4, -0.2) is 43.4 Å². The first-order valence-electron chi connectivity index (χ1n) is 17.0. The van der Waals surface area contributed by atoms with Crippen molar-refractivity contribution in [1.82, 2.24) is 14.9 Å². The topological polar surface area (TPSA) is 101 Å². The zero-order valence-electron chi connectivity index (χ0n) is 28.1. The number of imidazole rings is 1. The number of aryl methyl sites for hydroxylation is 2. The number of hydrogen-bond donors (Lipinski definition) is 2. The number of carboxylic acid groups (broad SMARTS) is 1. The van der Waals surface area contributed by atoms with Crippen molar-refractivity contribution in [3.8, 4) is 11.1 Å². The van der Waals surface area contributed by atoms with E-state index < -0.39 is 5.97 Å². The van der Waals surface area contributed by atoms with Gasteiger partial charge in [0, 0.05) is 36.7 Å². The third kappa shape index (κ3) is 8.72. The van der Waals surface area contributed by atoms with Crippen LogP contribution in [-0.2, 0) is 17.8 Å². The summed E-state index contributed by atoms with van der Waals surface area (Å²) in [6, 6.07) is 18.8. The Morgan fingerprint density at radius 1 is 1.04 bits per heavy atom. The molecule has 5 rings (SSSR count). The van der Waals surface area contributed by atoms with Gasteiger partial charge in [-0.15, -0.1) is 0 Å². The van der Waals surface area contributed by atoms with Gasteiger partial charge in [0.15, 0.2) is 5.12 Å². The first kappa shape index (κ1) is 34.4. The maximum absolute atomic E-state index is 13.7. The van der Waals surface area contributed by atoms with Gasteiger partial charge in [-0.1, -0.05) is 87.8 Å². The van der Waals surface area contributed by atoms with E-state index in [0.717, 1.165) is 65.7 Å². The highest BCUT2D eigenvalue weighted by atomic mass is 32.2. The number of benzene rings is 3. The molecule has 0 bridgehead atoms. The van der Waals surface area contributed by atoms with Crippen molar-refractivity contribution in [2.45, 2.75) is 91.6 Å². The molecule has 3 aromatic carbocycles. The molecule has 248 valence electrons. The Morgan fingerprint density at radius 3 is 2.45 bits per heavy atom. The van der Waals surface area contributed by atoms with Crippen molar-refractivity contribution in [3.63, 3.8) is 0 Å². The van der Waals surface area contributed by atoms with E-state index in [4.69, 9.17) is 4.98 Å². The molecule has 1 fully saturated rings. The highest BCUT2D eigenvalue weighted by molar-refractivity contribution is 8.13. The molecule has 0 radical (unpaired) electrons. The lowest BCUT2D eigenvalue weighted by atomic mass is 9.98. The SMILES string of the molecule is CCCc1nc2c(C)cc(C(=O)N[C@@H](CSC(=O)CC3CCCC3)CC(C)C)cc2n1Cc1ccc(-c2ccccc2C(=O)O)cc1. The van der Waals surface area contributed by atoms with Gasteiger partial charge in [-0.25, -0.2) is 9.78 Å². The monoisotopic (exact) mass is 653 g/mol. The van der Waals surface area contributed by atoms with Gasteiger partial charge >= 0.3 is 5.97 Å². The maximum atomic E-state index is 13.7. The molecule has 4 aromatic rings. The summed E-state index contributed by atoms with van der Waals surface area (Å²) in [4.78, 5) is 43.2. The molecule has 47 heavy (non-hydrogen) atoms. The van der Waals surface area contributed by atoms with E-state index in [1.807, 2.05) is 55.5 Å². The van der Waals surface area contributed by atoms with Crippen LogP contribution >= 0.6 is 11.8 Å². The predicted octanol–water partition coefficient (Wildman–Crippen LogP) is 8.70. The van der Waals surface area contributed by atoms with Crippen molar-refractivity contribution < 1.29 is 19.5 Å². The van der Waals surface area contributed by atoms with Crippen LogP contribution in [0.5, 0.6) is 0 Å². The fourth-order valence-corrected chi connectivity index (χ4v) is 7.73. The average molecular weight is 654 g/mol. The van der Waals surface area contributed by atoms with E-state index >= 15 is 0 Å². The summed E-state index contributed by atoms with van der Waals surface area (Å²) in [7, 11) is 0. The number of carboxylic acids is 1. The predicted molar refractivity (Wildman–Crippen MR) is 191 cm³/mol. The van der Waals surface area contributed by atoms with E-state index in [1.165, 1.54) is 24.6 Å². The number of carbonyl (C=O) groups is 3. The van der Waals surface area contributed by atoms with E-state index in [2.05, 4.69) is 30.7 Å². The first-order chi connectivity index (χ1) is 22.6. The van der Waals surface area contributed by atoms with Crippen LogP contribution in [0.25, 0.3) is 22.2 Å². The van der Waals surface area contributed by atoms with Gasteiger partial charge in [-0.2, -0.15) is 0 Å². The third-order valence-electron chi connectivity index (χ3n) is 9.09. The molecule has 0 spiro atoms. The van der Waals surface area contributed by atoms with Crippen LogP contribution in [0.1, 0.15) is 103 Å². The minimum atomic E-state index is -0.948. The standard InChI is InChI=1S/C39H47N3O4S/c1-5-10-35-41-37-26(4)20-30(38(44)40-31(19-25(2)3)24-47-36(43)21-27-11-6-7-12-27)22-34(37)42(35)23-28-15-17-29(18-16-28)32-13-8-9-14-33(32)39(45)46/h8-9,13-18,20,22,25,27,31H,5-7,10-12,19,21,23-24H2,1-4H3,(H,40,44)(H,45,46)/t31-/m1/s1. The van der Waals surface area contributed by atoms with Crippen LogP contribution in [0.4, 0.5) is 0 Å². The molecule has 0 aliphatic heterocycles. The molecule has 0 unspecified atom stereocenters. The van der Waals surface area contributed by atoms with Crippen LogP contribution < -0.4 is 5.32 Å². The summed E-state index contributed by atoms with van der Waals surface area (Å²) < 4.78 is 2.20. The van der Waals surface area contributed by atoms with Crippen LogP contribution in [0, 0.1) is 18.8 Å². The number of aromatic carboxylic acids is 1. The van der Waals surface area contributed by atoms with Gasteiger partial charge in [-0.05, 0) is 84.9 Å². The average Bonchev–Trinajstić information content (AvgIpc) is 3.68. The van der Waals surface area contributed by atoms with Gasteiger partial charge < -0.3 is 15.0 Å². The van der Waals surface area contributed by atoms with Gasteiger partial charge in [0.05, 0.1) is 16.6 Å². The summed E-state index contributed by atoms with van der Waals surface area (Å²) in [5.41, 5.74) is 6.22. The minimum Gasteiger partial charge on any atom is -0.478 e. The Hall–Kier alpha value is -3.91. The lowest BCUT2D eigenvalue weighted by molar-refractivity contribution is -0.111. The number of rotatable bonds is 14. The second-order valence-electron chi connectivity index (χ2n) is 13.4. The van der Waals surface area contributed by atoms with Crippen LogP contribution in [0.2, 0.25) is 0 Å². The van der Waals surface area contributed by atoms with Crippen molar-refractivity contribution in [1.29, 1.82) is 0 Å². The normalized spacial score (nSPS) is 14.1. The highest BCUT2D eigenvalue weighted by Gasteiger charge is 2.23. The Bertz CT molecular complexity index is 1720. The van der Waals surface area contributed by atoms with E-state index in [-0.39, 0.29) is 22.6 Å². The second-order valence-corrected chi connectivity index (χ2v) is 14.5. The second kappa shape index (κ2) is 15.8. The third-order valence-corrected chi connectivity index (χ3v) is 10.1. The van der Waals surface area contributed by atoms with E-state index in [0.29, 0.717) is 41.7 Å². The summed E-state index contributed by atoms with van der Waals surface area (Å²) in [6.07, 6.45) is 7.97. The largest absolute Gasteiger partial charge is 0.478 e. The molecular weight excluding hydrogens is 607 g/mol. The zero-order chi connectivity index (χ0) is 33.5. The fourth-order valence-electron chi connectivity index (χ4n) is 6.77. The first-order valence-corrected chi connectivity index (χ1v) is 18.0. The van der Waals surface area contributed by atoms with Crippen molar-refractivity contribution >= 4 is 39.8 Å². The number of hydrogen-bond acceptors (Lipinski definition) is 5. The van der Waals surface area contributed by atoms with Crippen LogP contribution in [0.15, 0.2) is 60.7 Å². The van der Waals surface area contributed by atoms with E-state index in [9.17, 15) is 19.5 Å². The molecule has 1 atom stereocenters. The number of nitrogens with zero attached hydrogens (tertiary/aromatic N) is 2. The van der Waals surface area contributed by atoms with Crippen molar-refractivity contribution in [2.24, 2.45) is 11.8 Å². The van der Waals surface area contributed by atoms with Crippen LogP contribution in [0.3, 0.4) is 0 Å². The summed E-state index contributed by atoms with van der Waals surface area (Å²) in [6.45, 7) is 9.00. The maximum Gasteiger partial charge on any atom is 0.336 e. The van der Waals surface area contributed by atoms with E-state index in [1.54, 1.807) is 12.1 Å². The molecular formula is C39H47N3O4S. The molecule has 1 aliphatic carbocycles. The number of thioether (sulfide) groups is 1. The van der Waals surface area contributed by atoms with Crippen molar-refractivity contribution in [3.05, 3.63) is 88.7 Å². The Kier molecular flexibility index (Phi) is 11.6. The van der Waals surface area contributed by atoms with Gasteiger partial charge in [-0.3, -0.25) is 9.59 Å². The number of amides is 1. The molecule has 1 heterocycles. The summed E-state index contributed by atoms with van der Waals surface area (Å²) in [5.74, 6) is 1.39. The highest BCUT2D eigenvalue weighted by Crippen LogP contribution is 2.30. The lowest BCUT2D eigenvalue weighted by Gasteiger charge is -2.21. The molecule has 1 aromatic heterocycles. The minimum absolute atomic E-state index is 0.0960. The summed E-state index contributed by atoms with van der Waals surface area (Å²) in [5, 5.41) is 13.1. The van der Waals surface area contributed by atoms with Crippen molar-refractivity contribution in [2.75, 3.05) is 5.75 Å². The number of carbonyl (C=O) groups excluding carboxylic acids is 2. The number of aromatic nitrogens is 2. The molecule has 2 N–H and O–H groups in total. The molecule has 1 aliphatic rings. The summed E-state index contributed by atoms with van der Waals surface area (Å²) >= 11 is 1.37. The molecule has 8 heteroatoms.